The van der Waals surface area contributed by atoms with E-state index in [4.69, 9.17) is 9.47 Å². The predicted octanol–water partition coefficient (Wildman–Crippen LogP) is 7.25. The molecule has 0 amide bonds. The largest absolute Gasteiger partial charge is 0.423 e. The zero-order chi connectivity index (χ0) is 26.1. The molecule has 0 heterocycles. The fourth-order valence-electron chi connectivity index (χ4n) is 3.80. The quantitative estimate of drug-likeness (QED) is 0.149. The second-order valence-corrected chi connectivity index (χ2v) is 9.00. The van der Waals surface area contributed by atoms with Crippen molar-refractivity contribution in [2.24, 2.45) is 0 Å². The topological polar surface area (TPSA) is 52.6 Å². The first-order valence-corrected chi connectivity index (χ1v) is 12.0. The molecule has 0 aliphatic carbocycles. The molecule has 0 N–H and O–H groups in total. The van der Waals surface area contributed by atoms with Gasteiger partial charge in [-0.15, -0.1) is 0 Å². The van der Waals surface area contributed by atoms with Crippen molar-refractivity contribution in [2.45, 2.75) is 19.3 Å². The van der Waals surface area contributed by atoms with Crippen LogP contribution in [0.2, 0.25) is 0 Å². The molecule has 4 rings (SSSR count). The molecule has 0 aliphatic rings. The summed E-state index contributed by atoms with van der Waals surface area (Å²) in [4.78, 5) is 24.3. The number of hydrogen-bond donors (Lipinski definition) is 0. The maximum Gasteiger partial charge on any atom is 0.336 e. The molecule has 4 aromatic carbocycles. The van der Waals surface area contributed by atoms with Gasteiger partial charge in [-0.3, -0.25) is 0 Å². The van der Waals surface area contributed by atoms with E-state index in [0.29, 0.717) is 11.5 Å². The van der Waals surface area contributed by atoms with E-state index in [0.717, 1.165) is 22.3 Å². The Bertz CT molecular complexity index is 1270. The Labute approximate surface area is 217 Å². The molecule has 0 saturated carbocycles. The van der Waals surface area contributed by atoms with E-state index in [1.807, 2.05) is 84.9 Å². The molecule has 4 nitrogen and oxygen atoms in total. The van der Waals surface area contributed by atoms with Crippen molar-refractivity contribution >= 4 is 24.1 Å². The smallest absolute Gasteiger partial charge is 0.336 e. The minimum Gasteiger partial charge on any atom is -0.423 e. The predicted molar refractivity (Wildman–Crippen MR) is 147 cm³/mol. The van der Waals surface area contributed by atoms with E-state index in [1.54, 1.807) is 36.4 Å². The molecule has 0 spiro atoms. The van der Waals surface area contributed by atoms with Gasteiger partial charge in [-0.25, -0.2) is 9.59 Å². The first-order valence-electron chi connectivity index (χ1n) is 12.0. The van der Waals surface area contributed by atoms with E-state index < -0.39 is 11.9 Å². The number of ether oxygens (including phenoxy) is 2. The number of rotatable bonds is 8. The Morgan fingerprint density at radius 1 is 0.541 bits per heavy atom. The molecule has 0 aliphatic heterocycles. The average Bonchev–Trinajstić information content (AvgIpc) is 2.92. The van der Waals surface area contributed by atoms with E-state index in [9.17, 15) is 9.59 Å². The summed E-state index contributed by atoms with van der Waals surface area (Å²) in [6.07, 6.45) is 6.28. The van der Waals surface area contributed by atoms with Crippen molar-refractivity contribution in [1.29, 1.82) is 0 Å². The summed E-state index contributed by atoms with van der Waals surface area (Å²) in [6, 6.07) is 34.1. The van der Waals surface area contributed by atoms with E-state index in [1.165, 1.54) is 12.2 Å². The zero-order valence-corrected chi connectivity index (χ0v) is 20.8. The van der Waals surface area contributed by atoms with Crippen LogP contribution in [-0.4, -0.2) is 11.9 Å². The van der Waals surface area contributed by atoms with Gasteiger partial charge in [-0.05, 0) is 58.7 Å². The fraction of sp³-hybridized carbons (Fsp3) is 0.0909. The Balaban J connectivity index is 1.36. The van der Waals surface area contributed by atoms with Crippen LogP contribution in [0.1, 0.15) is 36.1 Å². The van der Waals surface area contributed by atoms with Crippen LogP contribution in [0.15, 0.2) is 121 Å². The van der Waals surface area contributed by atoms with Gasteiger partial charge in [0.15, 0.2) is 0 Å². The lowest BCUT2D eigenvalue weighted by atomic mass is 9.78. The minimum absolute atomic E-state index is 0.314. The number of carbonyl (C=O) groups excluding carboxylic acids is 2. The van der Waals surface area contributed by atoms with Gasteiger partial charge < -0.3 is 9.47 Å². The van der Waals surface area contributed by atoms with Gasteiger partial charge in [0.2, 0.25) is 0 Å². The second kappa shape index (κ2) is 11.8. The second-order valence-electron chi connectivity index (χ2n) is 9.00. The average molecular weight is 489 g/mol. The van der Waals surface area contributed by atoms with Gasteiger partial charge >= 0.3 is 11.9 Å². The molecule has 184 valence electrons. The first-order chi connectivity index (χ1) is 17.9. The van der Waals surface area contributed by atoms with Crippen molar-refractivity contribution in [3.05, 3.63) is 144 Å². The molecule has 0 saturated heterocycles. The number of esters is 2. The third-order valence-corrected chi connectivity index (χ3v) is 6.01. The van der Waals surface area contributed by atoms with Crippen molar-refractivity contribution in [2.75, 3.05) is 0 Å². The lowest BCUT2D eigenvalue weighted by Gasteiger charge is -2.26. The third kappa shape index (κ3) is 7.15. The molecule has 0 fully saturated rings. The molecule has 4 aromatic rings. The minimum atomic E-state index is -0.431. The Kier molecular flexibility index (Phi) is 8.11. The van der Waals surface area contributed by atoms with Crippen molar-refractivity contribution < 1.29 is 19.1 Å². The van der Waals surface area contributed by atoms with Crippen molar-refractivity contribution in [3.63, 3.8) is 0 Å². The SMILES string of the molecule is CC(C)(c1ccc(OC(=O)C=Cc2ccccc2)cc1)c1ccc(OC(=O)C=Cc2ccccc2)cc1. The summed E-state index contributed by atoms with van der Waals surface area (Å²) in [6.45, 7) is 4.22. The molecule has 0 atom stereocenters. The van der Waals surface area contributed by atoms with Crippen molar-refractivity contribution in [3.8, 4) is 11.5 Å². The van der Waals surface area contributed by atoms with E-state index >= 15 is 0 Å². The summed E-state index contributed by atoms with van der Waals surface area (Å²) in [7, 11) is 0. The molecular formula is C33H28O4. The highest BCUT2D eigenvalue weighted by molar-refractivity contribution is 5.89. The van der Waals surface area contributed by atoms with Gasteiger partial charge in [0.05, 0.1) is 0 Å². The molecule has 0 aromatic heterocycles. The highest BCUT2D eigenvalue weighted by atomic mass is 16.5. The maximum absolute atomic E-state index is 12.2. The number of benzene rings is 4. The standard InChI is InChI=1S/C33H28O4/c1-33(2,27-15-19-29(20-16-27)36-31(34)23-13-25-9-5-3-6-10-25)28-17-21-30(22-18-28)37-32(35)24-14-26-11-7-4-8-12-26/h3-24H,1-2H3. The lowest BCUT2D eigenvalue weighted by molar-refractivity contribution is -0.129. The van der Waals surface area contributed by atoms with Gasteiger partial charge in [0, 0.05) is 17.6 Å². The van der Waals surface area contributed by atoms with Crippen LogP contribution in [0.4, 0.5) is 0 Å². The summed E-state index contributed by atoms with van der Waals surface area (Å²) >= 11 is 0. The van der Waals surface area contributed by atoms with Crippen LogP contribution in [0.25, 0.3) is 12.2 Å². The van der Waals surface area contributed by atoms with E-state index in [-0.39, 0.29) is 5.41 Å². The zero-order valence-electron chi connectivity index (χ0n) is 20.8. The normalized spacial score (nSPS) is 11.5. The summed E-state index contributed by atoms with van der Waals surface area (Å²) in [5, 5.41) is 0. The van der Waals surface area contributed by atoms with Crippen LogP contribution >= 0.6 is 0 Å². The molecule has 0 radical (unpaired) electrons. The summed E-state index contributed by atoms with van der Waals surface area (Å²) in [5.41, 5.74) is 3.66. The third-order valence-electron chi connectivity index (χ3n) is 6.01. The highest BCUT2D eigenvalue weighted by Gasteiger charge is 2.23. The maximum atomic E-state index is 12.2. The fourth-order valence-corrected chi connectivity index (χ4v) is 3.80. The van der Waals surface area contributed by atoms with Gasteiger partial charge in [-0.1, -0.05) is 98.8 Å². The molecule has 4 heteroatoms. The highest BCUT2D eigenvalue weighted by Crippen LogP contribution is 2.33. The number of carbonyl (C=O) groups is 2. The Hall–Kier alpha value is -4.70. The van der Waals surface area contributed by atoms with E-state index in [2.05, 4.69) is 13.8 Å². The molecular weight excluding hydrogens is 460 g/mol. The monoisotopic (exact) mass is 488 g/mol. The molecule has 37 heavy (non-hydrogen) atoms. The number of hydrogen-bond acceptors (Lipinski definition) is 4. The molecule has 0 unspecified atom stereocenters. The van der Waals surface area contributed by atoms with Crippen LogP contribution in [0, 0.1) is 0 Å². The Morgan fingerprint density at radius 2 is 0.892 bits per heavy atom. The van der Waals surface area contributed by atoms with Gasteiger partial charge in [0.25, 0.3) is 0 Å². The molecule has 0 bridgehead atoms. The first kappa shape index (κ1) is 25.4. The van der Waals surface area contributed by atoms with Crippen LogP contribution in [0.5, 0.6) is 11.5 Å². The summed E-state index contributed by atoms with van der Waals surface area (Å²) in [5.74, 6) is 0.0976. The summed E-state index contributed by atoms with van der Waals surface area (Å²) < 4.78 is 10.9. The van der Waals surface area contributed by atoms with Crippen LogP contribution in [0.3, 0.4) is 0 Å². The van der Waals surface area contributed by atoms with Crippen molar-refractivity contribution in [1.82, 2.24) is 0 Å². The van der Waals surface area contributed by atoms with Gasteiger partial charge in [-0.2, -0.15) is 0 Å². The van der Waals surface area contributed by atoms with Crippen LogP contribution < -0.4 is 9.47 Å². The Morgan fingerprint density at radius 3 is 1.24 bits per heavy atom. The van der Waals surface area contributed by atoms with Gasteiger partial charge in [0.1, 0.15) is 11.5 Å². The lowest BCUT2D eigenvalue weighted by Crippen LogP contribution is -2.18. The van der Waals surface area contributed by atoms with Crippen LogP contribution in [-0.2, 0) is 15.0 Å².